The number of guanidine groups is 1. The Morgan fingerprint density at radius 1 is 1.50 bits per heavy atom. The molecule has 1 unspecified atom stereocenters. The first kappa shape index (κ1) is 13.3. The second-order valence-corrected chi connectivity index (χ2v) is 5.02. The topological polar surface area (TPSA) is 39.7 Å². The van der Waals surface area contributed by atoms with Gasteiger partial charge in [-0.3, -0.25) is 4.99 Å². The van der Waals surface area contributed by atoms with Crippen LogP contribution in [-0.2, 0) is 0 Å². The summed E-state index contributed by atoms with van der Waals surface area (Å²) in [7, 11) is 4.03. The van der Waals surface area contributed by atoms with E-state index in [9.17, 15) is 0 Å². The van der Waals surface area contributed by atoms with Crippen molar-refractivity contribution in [2.45, 2.75) is 32.7 Å². The third-order valence-corrected chi connectivity index (χ3v) is 2.93. The molecule has 4 heteroatoms. The number of rotatable bonds is 3. The van der Waals surface area contributed by atoms with Crippen molar-refractivity contribution in [1.29, 1.82) is 0 Å². The Hall–Kier alpha value is -0.770. The quantitative estimate of drug-likeness (QED) is 0.555. The van der Waals surface area contributed by atoms with Crippen LogP contribution < -0.4 is 10.6 Å². The van der Waals surface area contributed by atoms with E-state index in [1.807, 2.05) is 7.05 Å². The van der Waals surface area contributed by atoms with Crippen LogP contribution in [0.15, 0.2) is 4.99 Å². The number of hydrogen-bond acceptors (Lipinski definition) is 2. The summed E-state index contributed by atoms with van der Waals surface area (Å²) in [5.41, 5.74) is 0. The molecule has 1 aliphatic rings. The minimum atomic E-state index is 0.431. The third-order valence-electron chi connectivity index (χ3n) is 2.93. The van der Waals surface area contributed by atoms with E-state index in [1.165, 1.54) is 25.9 Å². The molecule has 0 aromatic carbocycles. The number of aliphatic imine (C=N–C) groups is 1. The lowest BCUT2D eigenvalue weighted by atomic mass is 9.99. The molecule has 94 valence electrons. The molecular formula is C12H26N4. The Morgan fingerprint density at radius 2 is 2.25 bits per heavy atom. The first-order valence-corrected chi connectivity index (χ1v) is 6.27. The summed E-state index contributed by atoms with van der Waals surface area (Å²) < 4.78 is 0. The van der Waals surface area contributed by atoms with E-state index in [1.54, 1.807) is 0 Å². The molecule has 1 rings (SSSR count). The molecule has 0 spiro atoms. The van der Waals surface area contributed by atoms with Gasteiger partial charge in [0, 0.05) is 26.2 Å². The van der Waals surface area contributed by atoms with E-state index in [2.05, 4.69) is 41.4 Å². The minimum Gasteiger partial charge on any atom is -0.356 e. The fourth-order valence-corrected chi connectivity index (χ4v) is 2.15. The molecule has 0 saturated carbocycles. The van der Waals surface area contributed by atoms with Gasteiger partial charge in [0.2, 0.25) is 0 Å². The van der Waals surface area contributed by atoms with Crippen molar-refractivity contribution >= 4 is 5.96 Å². The Morgan fingerprint density at radius 3 is 2.81 bits per heavy atom. The van der Waals surface area contributed by atoms with Crippen LogP contribution in [0.1, 0.15) is 26.7 Å². The summed E-state index contributed by atoms with van der Waals surface area (Å²) in [6.07, 6.45) is 2.65. The van der Waals surface area contributed by atoms with Gasteiger partial charge in [-0.1, -0.05) is 0 Å². The molecule has 1 atom stereocenters. The van der Waals surface area contributed by atoms with E-state index in [0.717, 1.165) is 18.4 Å². The summed E-state index contributed by atoms with van der Waals surface area (Å²) in [4.78, 5) is 6.62. The van der Waals surface area contributed by atoms with Crippen molar-refractivity contribution < 1.29 is 0 Å². The van der Waals surface area contributed by atoms with E-state index < -0.39 is 0 Å². The summed E-state index contributed by atoms with van der Waals surface area (Å²) in [5, 5.41) is 6.71. The van der Waals surface area contributed by atoms with Crippen LogP contribution in [0, 0.1) is 5.92 Å². The molecule has 0 bridgehead atoms. The van der Waals surface area contributed by atoms with E-state index in [-0.39, 0.29) is 0 Å². The molecule has 1 aliphatic heterocycles. The first-order chi connectivity index (χ1) is 7.61. The molecule has 0 amide bonds. The van der Waals surface area contributed by atoms with Gasteiger partial charge in [-0.15, -0.1) is 0 Å². The number of nitrogens with zero attached hydrogens (tertiary/aromatic N) is 2. The lowest BCUT2D eigenvalue weighted by Crippen LogP contribution is -2.45. The molecule has 0 aromatic rings. The van der Waals surface area contributed by atoms with Crippen molar-refractivity contribution in [3.05, 3.63) is 0 Å². The van der Waals surface area contributed by atoms with Gasteiger partial charge in [-0.2, -0.15) is 0 Å². The van der Waals surface area contributed by atoms with Crippen molar-refractivity contribution in [2.75, 3.05) is 33.7 Å². The predicted octanol–water partition coefficient (Wildman–Crippen LogP) is 0.902. The summed E-state index contributed by atoms with van der Waals surface area (Å²) >= 11 is 0. The number of hydrogen-bond donors (Lipinski definition) is 2. The van der Waals surface area contributed by atoms with Crippen molar-refractivity contribution in [2.24, 2.45) is 10.9 Å². The maximum absolute atomic E-state index is 4.21. The monoisotopic (exact) mass is 226 g/mol. The fraction of sp³-hybridized carbons (Fsp3) is 0.917. The van der Waals surface area contributed by atoms with Crippen molar-refractivity contribution in [1.82, 2.24) is 15.5 Å². The molecule has 0 radical (unpaired) electrons. The average Bonchev–Trinajstić information content (AvgIpc) is 2.24. The Balaban J connectivity index is 2.26. The number of nitrogens with one attached hydrogen (secondary N) is 2. The summed E-state index contributed by atoms with van der Waals surface area (Å²) in [6, 6.07) is 0.431. The zero-order valence-corrected chi connectivity index (χ0v) is 11.1. The van der Waals surface area contributed by atoms with Crippen LogP contribution in [0.3, 0.4) is 0 Å². The first-order valence-electron chi connectivity index (χ1n) is 6.27. The van der Waals surface area contributed by atoms with Crippen LogP contribution in [0.25, 0.3) is 0 Å². The van der Waals surface area contributed by atoms with E-state index >= 15 is 0 Å². The maximum atomic E-state index is 4.21. The lowest BCUT2D eigenvalue weighted by Gasteiger charge is -2.30. The highest BCUT2D eigenvalue weighted by Gasteiger charge is 2.17. The maximum Gasteiger partial charge on any atom is 0.191 e. The second-order valence-electron chi connectivity index (χ2n) is 5.02. The van der Waals surface area contributed by atoms with Gasteiger partial charge in [0.05, 0.1) is 0 Å². The molecule has 1 saturated heterocycles. The Kier molecular flexibility index (Phi) is 5.60. The normalized spacial score (nSPS) is 23.6. The van der Waals surface area contributed by atoms with Gasteiger partial charge in [-0.25, -0.2) is 0 Å². The average molecular weight is 226 g/mol. The van der Waals surface area contributed by atoms with Crippen molar-refractivity contribution in [3.8, 4) is 0 Å². The summed E-state index contributed by atoms with van der Waals surface area (Å²) in [6.45, 7) is 7.72. The molecule has 1 fully saturated rings. The Bertz CT molecular complexity index is 225. The van der Waals surface area contributed by atoms with Crippen LogP contribution in [0.4, 0.5) is 0 Å². The highest BCUT2D eigenvalue weighted by atomic mass is 15.2. The molecule has 16 heavy (non-hydrogen) atoms. The van der Waals surface area contributed by atoms with Crippen LogP contribution in [0.2, 0.25) is 0 Å². The zero-order chi connectivity index (χ0) is 12.0. The second kappa shape index (κ2) is 6.74. The van der Waals surface area contributed by atoms with Gasteiger partial charge < -0.3 is 15.5 Å². The smallest absolute Gasteiger partial charge is 0.191 e. The van der Waals surface area contributed by atoms with E-state index in [0.29, 0.717) is 6.04 Å². The van der Waals surface area contributed by atoms with Gasteiger partial charge in [0.15, 0.2) is 5.96 Å². The lowest BCUT2D eigenvalue weighted by molar-refractivity contribution is 0.210. The van der Waals surface area contributed by atoms with E-state index in [4.69, 9.17) is 0 Å². The molecular weight excluding hydrogens is 200 g/mol. The largest absolute Gasteiger partial charge is 0.356 e. The highest BCUT2D eigenvalue weighted by Crippen LogP contribution is 2.13. The number of likely N-dealkylation sites (tertiary alicyclic amines) is 1. The molecule has 0 aliphatic carbocycles. The van der Waals surface area contributed by atoms with Gasteiger partial charge in [0.25, 0.3) is 0 Å². The van der Waals surface area contributed by atoms with Gasteiger partial charge in [-0.05, 0) is 46.2 Å². The highest BCUT2D eigenvalue weighted by molar-refractivity contribution is 5.79. The molecule has 4 nitrogen and oxygen atoms in total. The molecule has 2 N–H and O–H groups in total. The molecule has 1 heterocycles. The van der Waals surface area contributed by atoms with Crippen LogP contribution >= 0.6 is 0 Å². The SMILES string of the molecule is CN=C(NCC1CCCN(C)C1)NC(C)C. The van der Waals surface area contributed by atoms with Crippen molar-refractivity contribution in [3.63, 3.8) is 0 Å². The van der Waals surface area contributed by atoms with Crippen LogP contribution in [0.5, 0.6) is 0 Å². The zero-order valence-electron chi connectivity index (χ0n) is 11.1. The number of piperidine rings is 1. The fourth-order valence-electron chi connectivity index (χ4n) is 2.15. The summed E-state index contributed by atoms with van der Waals surface area (Å²) in [5.74, 6) is 1.67. The minimum absolute atomic E-state index is 0.431. The predicted molar refractivity (Wildman–Crippen MR) is 69.9 cm³/mol. The molecule has 0 aromatic heterocycles. The van der Waals surface area contributed by atoms with Crippen LogP contribution in [-0.4, -0.2) is 50.6 Å². The van der Waals surface area contributed by atoms with Gasteiger partial charge >= 0.3 is 0 Å². The third kappa shape index (κ3) is 4.84. The van der Waals surface area contributed by atoms with Gasteiger partial charge in [0.1, 0.15) is 0 Å². The standard InChI is InChI=1S/C12H26N4/c1-10(2)15-12(13-3)14-8-11-6-5-7-16(4)9-11/h10-11H,5-9H2,1-4H3,(H2,13,14,15). The Labute approximate surface area is 99.5 Å².